The van der Waals surface area contributed by atoms with Crippen molar-refractivity contribution in [1.82, 2.24) is 15.1 Å². The normalized spacial score (nSPS) is 19.7. The van der Waals surface area contributed by atoms with Crippen LogP contribution in [0.4, 0.5) is 0 Å². The monoisotopic (exact) mass is 373 g/mol. The summed E-state index contributed by atoms with van der Waals surface area (Å²) < 4.78 is 5.92. The van der Waals surface area contributed by atoms with Crippen molar-refractivity contribution in [2.45, 2.75) is 51.0 Å². The van der Waals surface area contributed by atoms with Gasteiger partial charge in [0.2, 0.25) is 5.91 Å². The zero-order valence-electron chi connectivity index (χ0n) is 16.8. The molecule has 0 spiro atoms. The van der Waals surface area contributed by atoms with Gasteiger partial charge in [-0.05, 0) is 44.0 Å². The Labute approximate surface area is 164 Å². The zero-order chi connectivity index (χ0) is 18.9. The number of hydrogen-bond donors (Lipinski definition) is 1. The van der Waals surface area contributed by atoms with Crippen LogP contribution in [0.15, 0.2) is 24.3 Å². The molecule has 1 saturated heterocycles. The first-order valence-corrected chi connectivity index (χ1v) is 10.6. The van der Waals surface area contributed by atoms with Gasteiger partial charge < -0.3 is 19.9 Å². The van der Waals surface area contributed by atoms with Crippen LogP contribution in [0, 0.1) is 0 Å². The van der Waals surface area contributed by atoms with Gasteiger partial charge in [0.25, 0.3) is 0 Å². The highest BCUT2D eigenvalue weighted by Gasteiger charge is 2.16. The van der Waals surface area contributed by atoms with Crippen molar-refractivity contribution in [3.63, 3.8) is 0 Å². The molecule has 150 valence electrons. The van der Waals surface area contributed by atoms with Crippen LogP contribution in [0.2, 0.25) is 0 Å². The average Bonchev–Trinajstić information content (AvgIpc) is 2.68. The third-order valence-corrected chi connectivity index (χ3v) is 5.72. The second kappa shape index (κ2) is 10.7. The minimum absolute atomic E-state index is 0.133. The second-order valence-corrected chi connectivity index (χ2v) is 8.07. The molecule has 27 heavy (non-hydrogen) atoms. The molecule has 2 aliphatic rings. The highest BCUT2D eigenvalue weighted by molar-refractivity contribution is 5.79. The van der Waals surface area contributed by atoms with E-state index >= 15 is 0 Å². The van der Waals surface area contributed by atoms with Crippen LogP contribution in [0.25, 0.3) is 0 Å². The molecule has 1 aliphatic carbocycles. The van der Waals surface area contributed by atoms with E-state index in [9.17, 15) is 4.79 Å². The second-order valence-electron chi connectivity index (χ2n) is 8.07. The number of benzene rings is 1. The number of carbonyl (C=O) groups excluding carboxylic acids is 1. The van der Waals surface area contributed by atoms with Crippen LogP contribution < -0.4 is 10.1 Å². The van der Waals surface area contributed by atoms with Crippen molar-refractivity contribution in [3.05, 3.63) is 29.8 Å². The Balaban J connectivity index is 1.36. The quantitative estimate of drug-likeness (QED) is 0.712. The van der Waals surface area contributed by atoms with Crippen molar-refractivity contribution >= 4 is 5.91 Å². The predicted octanol–water partition coefficient (Wildman–Crippen LogP) is 2.69. The summed E-state index contributed by atoms with van der Waals surface area (Å²) in [6, 6.07) is 8.37. The lowest BCUT2D eigenvalue weighted by Gasteiger charge is -2.32. The molecule has 0 radical (unpaired) electrons. The summed E-state index contributed by atoms with van der Waals surface area (Å²) in [5.41, 5.74) is 1.03. The SMILES string of the molecule is CN1CCN(CCCOc2cccc(CC(=O)NC3CCCCC3)c2)CC1. The minimum atomic E-state index is 0.133. The Morgan fingerprint density at radius 2 is 1.93 bits per heavy atom. The van der Waals surface area contributed by atoms with Gasteiger partial charge in [-0.3, -0.25) is 4.79 Å². The number of ether oxygens (including phenoxy) is 1. The van der Waals surface area contributed by atoms with E-state index in [0.29, 0.717) is 12.5 Å². The van der Waals surface area contributed by atoms with E-state index in [2.05, 4.69) is 22.2 Å². The molecule has 1 aliphatic heterocycles. The van der Waals surface area contributed by atoms with Gasteiger partial charge in [0, 0.05) is 38.8 Å². The molecule has 0 unspecified atom stereocenters. The molecule has 1 aromatic carbocycles. The van der Waals surface area contributed by atoms with Crippen molar-refractivity contribution in [2.75, 3.05) is 46.4 Å². The average molecular weight is 374 g/mol. The van der Waals surface area contributed by atoms with E-state index in [1.165, 1.54) is 19.3 Å². The van der Waals surface area contributed by atoms with Crippen LogP contribution in [-0.4, -0.2) is 68.1 Å². The summed E-state index contributed by atoms with van der Waals surface area (Å²) in [7, 11) is 2.18. The number of amides is 1. The first-order valence-electron chi connectivity index (χ1n) is 10.6. The molecule has 2 fully saturated rings. The summed E-state index contributed by atoms with van der Waals surface area (Å²) in [5, 5.41) is 3.19. The first kappa shape index (κ1) is 20.2. The van der Waals surface area contributed by atoms with Gasteiger partial charge in [-0.1, -0.05) is 31.4 Å². The summed E-state index contributed by atoms with van der Waals surface area (Å²) in [4.78, 5) is 17.2. The van der Waals surface area contributed by atoms with Gasteiger partial charge in [-0.15, -0.1) is 0 Å². The fourth-order valence-electron chi connectivity index (χ4n) is 4.01. The van der Waals surface area contributed by atoms with Gasteiger partial charge in [0.15, 0.2) is 0 Å². The summed E-state index contributed by atoms with van der Waals surface area (Å²) in [6.45, 7) is 6.45. The van der Waals surface area contributed by atoms with E-state index in [1.54, 1.807) is 0 Å². The van der Waals surface area contributed by atoms with Crippen LogP contribution in [0.5, 0.6) is 5.75 Å². The van der Waals surface area contributed by atoms with E-state index in [1.807, 2.05) is 24.3 Å². The third kappa shape index (κ3) is 7.15. The molecule has 0 aromatic heterocycles. The van der Waals surface area contributed by atoms with Crippen LogP contribution in [-0.2, 0) is 11.2 Å². The van der Waals surface area contributed by atoms with E-state index in [0.717, 1.165) is 69.9 Å². The van der Waals surface area contributed by atoms with Gasteiger partial charge in [0.05, 0.1) is 13.0 Å². The molecule has 5 nitrogen and oxygen atoms in total. The van der Waals surface area contributed by atoms with Gasteiger partial charge in [-0.25, -0.2) is 0 Å². The number of rotatable bonds is 8. The van der Waals surface area contributed by atoms with Gasteiger partial charge >= 0.3 is 0 Å². The largest absolute Gasteiger partial charge is 0.494 e. The molecule has 3 rings (SSSR count). The van der Waals surface area contributed by atoms with Crippen molar-refractivity contribution in [1.29, 1.82) is 0 Å². The third-order valence-electron chi connectivity index (χ3n) is 5.72. The Bertz CT molecular complexity index is 579. The summed E-state index contributed by atoms with van der Waals surface area (Å²) in [6.07, 6.45) is 7.51. The maximum Gasteiger partial charge on any atom is 0.224 e. The van der Waals surface area contributed by atoms with Crippen LogP contribution in [0.1, 0.15) is 44.1 Å². The summed E-state index contributed by atoms with van der Waals surface area (Å²) in [5.74, 6) is 1.01. The Kier molecular flexibility index (Phi) is 7.96. The fraction of sp³-hybridized carbons (Fsp3) is 0.682. The van der Waals surface area contributed by atoms with Crippen LogP contribution in [0.3, 0.4) is 0 Å². The molecule has 1 aromatic rings. The minimum Gasteiger partial charge on any atom is -0.494 e. The number of nitrogens with one attached hydrogen (secondary N) is 1. The molecular formula is C22H35N3O2. The van der Waals surface area contributed by atoms with E-state index < -0.39 is 0 Å². The standard InChI is InChI=1S/C22H35N3O2/c1-24-12-14-25(15-13-24)11-6-16-27-21-10-5-7-19(17-21)18-22(26)23-20-8-3-2-4-9-20/h5,7,10,17,20H,2-4,6,8-9,11-16,18H2,1H3,(H,23,26). The molecule has 1 heterocycles. The molecule has 0 bridgehead atoms. The number of nitrogens with zero attached hydrogens (tertiary/aromatic N) is 2. The maximum atomic E-state index is 12.3. The van der Waals surface area contributed by atoms with Gasteiger partial charge in [0.1, 0.15) is 5.75 Å². The van der Waals surface area contributed by atoms with Gasteiger partial charge in [-0.2, -0.15) is 0 Å². The predicted molar refractivity (Wildman–Crippen MR) is 109 cm³/mol. The smallest absolute Gasteiger partial charge is 0.224 e. The molecular weight excluding hydrogens is 338 g/mol. The lowest BCUT2D eigenvalue weighted by Crippen LogP contribution is -2.44. The maximum absolute atomic E-state index is 12.3. The van der Waals surface area contributed by atoms with E-state index in [-0.39, 0.29) is 5.91 Å². The number of likely N-dealkylation sites (N-methyl/N-ethyl adjacent to an activating group) is 1. The van der Waals surface area contributed by atoms with Crippen molar-refractivity contribution < 1.29 is 9.53 Å². The fourth-order valence-corrected chi connectivity index (χ4v) is 4.01. The molecule has 1 N–H and O–H groups in total. The Morgan fingerprint density at radius 1 is 1.15 bits per heavy atom. The van der Waals surface area contributed by atoms with E-state index in [4.69, 9.17) is 4.74 Å². The van der Waals surface area contributed by atoms with Crippen molar-refractivity contribution in [3.8, 4) is 5.75 Å². The molecule has 0 atom stereocenters. The Morgan fingerprint density at radius 3 is 2.70 bits per heavy atom. The topological polar surface area (TPSA) is 44.8 Å². The number of hydrogen-bond acceptors (Lipinski definition) is 4. The molecule has 5 heteroatoms. The molecule has 1 saturated carbocycles. The highest BCUT2D eigenvalue weighted by atomic mass is 16.5. The highest BCUT2D eigenvalue weighted by Crippen LogP contribution is 2.18. The summed E-state index contributed by atoms with van der Waals surface area (Å²) >= 11 is 0. The number of piperazine rings is 1. The zero-order valence-corrected chi connectivity index (χ0v) is 16.8. The lowest BCUT2D eigenvalue weighted by atomic mass is 9.95. The van der Waals surface area contributed by atoms with Crippen molar-refractivity contribution in [2.24, 2.45) is 0 Å². The number of carbonyl (C=O) groups is 1. The first-order chi connectivity index (χ1) is 13.2. The molecule has 1 amide bonds. The lowest BCUT2D eigenvalue weighted by molar-refractivity contribution is -0.121. The Hall–Kier alpha value is -1.59. The van der Waals surface area contributed by atoms with Crippen LogP contribution >= 0.6 is 0 Å².